The molecule has 0 heterocycles. The minimum atomic E-state index is -0.423. The van der Waals surface area contributed by atoms with Crippen molar-refractivity contribution < 1.29 is 5.11 Å². The van der Waals surface area contributed by atoms with E-state index >= 15 is 0 Å². The summed E-state index contributed by atoms with van der Waals surface area (Å²) in [4.78, 5) is 0. The second-order valence-electron chi connectivity index (χ2n) is 7.14. The summed E-state index contributed by atoms with van der Waals surface area (Å²) in [6, 6.07) is 20.6. The maximum absolute atomic E-state index is 10.9. The van der Waals surface area contributed by atoms with E-state index in [0.29, 0.717) is 0 Å². The fourth-order valence-electron chi connectivity index (χ4n) is 3.59. The van der Waals surface area contributed by atoms with Crippen LogP contribution in [0.5, 0.6) is 0 Å². The zero-order valence-electron chi connectivity index (χ0n) is 15.7. The first-order chi connectivity index (χ1) is 12.3. The maximum atomic E-state index is 10.9. The Morgan fingerprint density at radius 3 is 1.68 bits per heavy atom. The van der Waals surface area contributed by atoms with Gasteiger partial charge in [-0.25, -0.2) is 0 Å². The molecule has 0 bridgehead atoms. The smallest absolute Gasteiger partial charge is 0.0858 e. The van der Waals surface area contributed by atoms with Crippen molar-refractivity contribution in [3.05, 3.63) is 71.8 Å². The first-order valence-electron chi connectivity index (χ1n) is 10.1. The quantitative estimate of drug-likeness (QED) is 0.412. The molecule has 0 aromatic heterocycles. The molecule has 2 aromatic carbocycles. The Morgan fingerprint density at radius 1 is 0.640 bits per heavy atom. The van der Waals surface area contributed by atoms with Crippen LogP contribution in [-0.2, 0) is 0 Å². The van der Waals surface area contributed by atoms with Crippen LogP contribution in [0.25, 0.3) is 0 Å². The van der Waals surface area contributed by atoms with Gasteiger partial charge in [0.15, 0.2) is 0 Å². The van der Waals surface area contributed by atoms with E-state index in [1.807, 2.05) is 36.4 Å². The van der Waals surface area contributed by atoms with E-state index in [1.165, 1.54) is 56.9 Å². The predicted octanol–water partition coefficient (Wildman–Crippen LogP) is 7.03. The molecule has 136 valence electrons. The van der Waals surface area contributed by atoms with E-state index in [9.17, 15) is 5.11 Å². The summed E-state index contributed by atoms with van der Waals surface area (Å²) in [6.07, 6.45) is 11.2. The van der Waals surface area contributed by atoms with Crippen molar-refractivity contribution >= 4 is 0 Å². The fraction of sp³-hybridized carbons (Fsp3) is 0.500. The van der Waals surface area contributed by atoms with Gasteiger partial charge in [0, 0.05) is 5.92 Å². The van der Waals surface area contributed by atoms with Crippen LogP contribution in [0.4, 0.5) is 0 Å². The molecule has 2 aromatic rings. The second kappa shape index (κ2) is 11.9. The van der Waals surface area contributed by atoms with Crippen molar-refractivity contribution in [2.24, 2.45) is 0 Å². The van der Waals surface area contributed by atoms with Crippen LogP contribution in [0.1, 0.15) is 87.9 Å². The zero-order valence-corrected chi connectivity index (χ0v) is 15.7. The normalized spacial score (nSPS) is 13.5. The van der Waals surface area contributed by atoms with Crippen LogP contribution >= 0.6 is 0 Å². The Kier molecular flexibility index (Phi) is 9.36. The second-order valence-corrected chi connectivity index (χ2v) is 7.14. The van der Waals surface area contributed by atoms with Gasteiger partial charge in [-0.2, -0.15) is 0 Å². The summed E-state index contributed by atoms with van der Waals surface area (Å²) >= 11 is 0. The van der Waals surface area contributed by atoms with Gasteiger partial charge in [0.2, 0.25) is 0 Å². The third-order valence-electron chi connectivity index (χ3n) is 5.12. The van der Waals surface area contributed by atoms with Crippen molar-refractivity contribution in [1.29, 1.82) is 0 Å². The Labute approximate surface area is 154 Å². The molecule has 2 rings (SSSR count). The number of aliphatic hydroxyl groups is 1. The minimum Gasteiger partial charge on any atom is -0.388 e. The Morgan fingerprint density at radius 2 is 1.12 bits per heavy atom. The number of aliphatic hydroxyl groups excluding tert-OH is 1. The van der Waals surface area contributed by atoms with Gasteiger partial charge in [0.25, 0.3) is 0 Å². The van der Waals surface area contributed by atoms with Crippen LogP contribution in [0, 0.1) is 0 Å². The molecule has 25 heavy (non-hydrogen) atoms. The largest absolute Gasteiger partial charge is 0.388 e. The molecule has 0 spiro atoms. The Balaban J connectivity index is 1.86. The van der Waals surface area contributed by atoms with E-state index < -0.39 is 6.10 Å². The zero-order chi connectivity index (χ0) is 17.7. The van der Waals surface area contributed by atoms with Gasteiger partial charge >= 0.3 is 0 Å². The highest BCUT2D eigenvalue weighted by atomic mass is 16.3. The van der Waals surface area contributed by atoms with Crippen LogP contribution in [0.3, 0.4) is 0 Å². The molecule has 2 unspecified atom stereocenters. The number of unbranched alkanes of at least 4 members (excludes halogenated alkanes) is 7. The van der Waals surface area contributed by atoms with Crippen LogP contribution in [0.15, 0.2) is 60.7 Å². The third-order valence-corrected chi connectivity index (χ3v) is 5.12. The highest BCUT2D eigenvalue weighted by Gasteiger charge is 2.22. The van der Waals surface area contributed by atoms with Gasteiger partial charge in [-0.05, 0) is 17.5 Å². The summed E-state index contributed by atoms with van der Waals surface area (Å²) in [7, 11) is 0. The maximum Gasteiger partial charge on any atom is 0.0858 e. The van der Waals surface area contributed by atoms with Crippen molar-refractivity contribution in [1.82, 2.24) is 0 Å². The summed E-state index contributed by atoms with van der Waals surface area (Å²) in [5.41, 5.74) is 2.28. The molecule has 0 fully saturated rings. The van der Waals surface area contributed by atoms with E-state index in [4.69, 9.17) is 0 Å². The topological polar surface area (TPSA) is 20.2 Å². The highest BCUT2D eigenvalue weighted by molar-refractivity contribution is 5.26. The molecule has 0 saturated carbocycles. The lowest BCUT2D eigenvalue weighted by Crippen LogP contribution is -2.11. The molecule has 0 radical (unpaired) electrons. The molecule has 0 saturated heterocycles. The van der Waals surface area contributed by atoms with Crippen molar-refractivity contribution in [3.8, 4) is 0 Å². The molecule has 1 heteroatoms. The first-order valence-corrected chi connectivity index (χ1v) is 10.1. The van der Waals surface area contributed by atoms with Crippen molar-refractivity contribution in [2.75, 3.05) is 0 Å². The summed E-state index contributed by atoms with van der Waals surface area (Å²) < 4.78 is 0. The molecular weight excluding hydrogens is 304 g/mol. The average Bonchev–Trinajstić information content (AvgIpc) is 2.68. The molecule has 1 nitrogen and oxygen atoms in total. The first kappa shape index (κ1) is 19.7. The van der Waals surface area contributed by atoms with Crippen LogP contribution in [-0.4, -0.2) is 5.11 Å². The molecule has 0 aliphatic heterocycles. The summed E-state index contributed by atoms with van der Waals surface area (Å²) in [5.74, 6) is 0.184. The van der Waals surface area contributed by atoms with Gasteiger partial charge < -0.3 is 5.11 Å². The lowest BCUT2D eigenvalue weighted by molar-refractivity contribution is 0.138. The monoisotopic (exact) mass is 338 g/mol. The number of benzene rings is 2. The standard InChI is InChI=1S/C24H34O/c1-2-3-4-5-6-7-8-15-20-23(21-16-11-9-12-17-21)24(25)22-18-13-10-14-19-22/h9-14,16-19,23-25H,2-8,15,20H2,1H3. The van der Waals surface area contributed by atoms with Gasteiger partial charge in [-0.3, -0.25) is 0 Å². The van der Waals surface area contributed by atoms with E-state index in [-0.39, 0.29) is 5.92 Å². The van der Waals surface area contributed by atoms with Crippen molar-refractivity contribution in [3.63, 3.8) is 0 Å². The minimum absolute atomic E-state index is 0.184. The SMILES string of the molecule is CCCCCCCCCCC(c1ccccc1)C(O)c1ccccc1. The molecular formula is C24H34O. The molecule has 2 atom stereocenters. The summed E-state index contributed by atoms with van der Waals surface area (Å²) in [6.45, 7) is 2.27. The fourth-order valence-corrected chi connectivity index (χ4v) is 3.59. The number of hydrogen-bond donors (Lipinski definition) is 1. The lowest BCUT2D eigenvalue weighted by Gasteiger charge is -2.24. The van der Waals surface area contributed by atoms with E-state index in [2.05, 4.69) is 31.2 Å². The molecule has 0 amide bonds. The highest BCUT2D eigenvalue weighted by Crippen LogP contribution is 2.35. The molecule has 1 N–H and O–H groups in total. The van der Waals surface area contributed by atoms with Gasteiger partial charge in [-0.1, -0.05) is 119 Å². The van der Waals surface area contributed by atoms with Gasteiger partial charge in [0.05, 0.1) is 6.10 Å². The third kappa shape index (κ3) is 7.04. The van der Waals surface area contributed by atoms with Gasteiger partial charge in [-0.15, -0.1) is 0 Å². The Bertz CT molecular complexity index is 549. The predicted molar refractivity (Wildman–Crippen MR) is 108 cm³/mol. The van der Waals surface area contributed by atoms with E-state index in [1.54, 1.807) is 0 Å². The number of rotatable bonds is 12. The molecule has 0 aliphatic carbocycles. The number of hydrogen-bond acceptors (Lipinski definition) is 1. The summed E-state index contributed by atoms with van der Waals surface area (Å²) in [5, 5.41) is 10.9. The average molecular weight is 339 g/mol. The lowest BCUT2D eigenvalue weighted by atomic mass is 9.85. The van der Waals surface area contributed by atoms with Crippen molar-refractivity contribution in [2.45, 2.75) is 76.7 Å². The van der Waals surface area contributed by atoms with E-state index in [0.717, 1.165) is 12.0 Å². The van der Waals surface area contributed by atoms with Gasteiger partial charge in [0.1, 0.15) is 0 Å². The Hall–Kier alpha value is -1.60. The van der Waals surface area contributed by atoms with Crippen LogP contribution < -0.4 is 0 Å². The van der Waals surface area contributed by atoms with Crippen LogP contribution in [0.2, 0.25) is 0 Å². The molecule has 0 aliphatic rings.